The molecule has 0 aliphatic heterocycles. The fourth-order valence-corrected chi connectivity index (χ4v) is 2.97. The number of aryl methyl sites for hydroxylation is 1. The van der Waals surface area contributed by atoms with E-state index in [0.717, 1.165) is 5.56 Å². The molecule has 1 amide bonds. The smallest absolute Gasteiger partial charge is 0.263 e. The molecule has 3 aromatic rings. The topological polar surface area (TPSA) is 95.3 Å². The average Bonchev–Trinajstić information content (AvgIpc) is 2.70. The van der Waals surface area contributed by atoms with Crippen molar-refractivity contribution in [2.24, 2.45) is 0 Å². The molecule has 8 nitrogen and oxygen atoms in total. The molecule has 0 aliphatic carbocycles. The molecule has 0 bridgehead atoms. The van der Waals surface area contributed by atoms with Crippen molar-refractivity contribution in [3.05, 3.63) is 58.3 Å². The van der Waals surface area contributed by atoms with Crippen LogP contribution in [-0.2, 0) is 17.8 Å². The van der Waals surface area contributed by atoms with Gasteiger partial charge in [0.1, 0.15) is 5.82 Å². The fourth-order valence-electron chi connectivity index (χ4n) is 2.97. The lowest BCUT2D eigenvalue weighted by Crippen LogP contribution is -2.33. The second-order valence-corrected chi connectivity index (χ2v) is 6.21. The summed E-state index contributed by atoms with van der Waals surface area (Å²) in [5.74, 6) is 1.60. The Morgan fingerprint density at radius 2 is 1.96 bits per heavy atom. The number of nitrogens with one attached hydrogen (secondary N) is 1. The minimum atomic E-state index is -0.162. The molecule has 2 aromatic heterocycles. The minimum Gasteiger partial charge on any atom is -0.493 e. The minimum absolute atomic E-state index is 0.145. The largest absolute Gasteiger partial charge is 0.493 e. The zero-order chi connectivity index (χ0) is 20.1. The van der Waals surface area contributed by atoms with Crippen molar-refractivity contribution in [2.75, 3.05) is 20.8 Å². The van der Waals surface area contributed by atoms with Gasteiger partial charge < -0.3 is 14.8 Å². The van der Waals surface area contributed by atoms with E-state index in [1.54, 1.807) is 56.2 Å². The molecule has 0 atom stereocenters. The summed E-state index contributed by atoms with van der Waals surface area (Å²) in [7, 11) is 3.11. The van der Waals surface area contributed by atoms with E-state index in [1.165, 1.54) is 0 Å². The maximum absolute atomic E-state index is 12.6. The van der Waals surface area contributed by atoms with Crippen molar-refractivity contribution in [2.45, 2.75) is 19.9 Å². The maximum Gasteiger partial charge on any atom is 0.263 e. The molecule has 2 heterocycles. The van der Waals surface area contributed by atoms with Crippen LogP contribution in [0, 0.1) is 6.92 Å². The van der Waals surface area contributed by atoms with Gasteiger partial charge >= 0.3 is 0 Å². The monoisotopic (exact) mass is 382 g/mol. The molecule has 1 aromatic carbocycles. The highest BCUT2D eigenvalue weighted by Crippen LogP contribution is 2.27. The summed E-state index contributed by atoms with van der Waals surface area (Å²) in [6.07, 6.45) is 1.81. The van der Waals surface area contributed by atoms with Gasteiger partial charge in [-0.1, -0.05) is 6.07 Å². The van der Waals surface area contributed by atoms with Gasteiger partial charge in [0.05, 0.1) is 26.0 Å². The number of pyridine rings is 1. The molecule has 8 heteroatoms. The van der Waals surface area contributed by atoms with Crippen LogP contribution < -0.4 is 20.3 Å². The number of benzene rings is 1. The van der Waals surface area contributed by atoms with Crippen molar-refractivity contribution in [3.63, 3.8) is 0 Å². The summed E-state index contributed by atoms with van der Waals surface area (Å²) in [6, 6.07) is 8.75. The molecule has 3 rings (SSSR count). The zero-order valence-electron chi connectivity index (χ0n) is 16.1. The lowest BCUT2D eigenvalue weighted by molar-refractivity contribution is -0.120. The van der Waals surface area contributed by atoms with Gasteiger partial charge in [-0.25, -0.2) is 9.97 Å². The van der Waals surface area contributed by atoms with Crippen LogP contribution in [-0.4, -0.2) is 41.2 Å². The van der Waals surface area contributed by atoms with Crippen LogP contribution >= 0.6 is 0 Å². The first-order valence-corrected chi connectivity index (χ1v) is 8.83. The van der Waals surface area contributed by atoms with Crippen molar-refractivity contribution in [3.8, 4) is 11.5 Å². The van der Waals surface area contributed by atoms with E-state index in [1.807, 2.05) is 6.07 Å². The number of rotatable bonds is 7. The third-order valence-electron chi connectivity index (χ3n) is 4.39. The highest BCUT2D eigenvalue weighted by Gasteiger charge is 2.10. The number of nitrogens with zero attached hydrogens (tertiary/aromatic N) is 3. The van der Waals surface area contributed by atoms with Gasteiger partial charge in [0.25, 0.3) is 5.56 Å². The maximum atomic E-state index is 12.6. The quantitative estimate of drug-likeness (QED) is 0.665. The van der Waals surface area contributed by atoms with Gasteiger partial charge in [0.2, 0.25) is 5.91 Å². The van der Waals surface area contributed by atoms with Crippen molar-refractivity contribution in [1.29, 1.82) is 0 Å². The van der Waals surface area contributed by atoms with E-state index in [4.69, 9.17) is 9.47 Å². The van der Waals surface area contributed by atoms with E-state index < -0.39 is 0 Å². The lowest BCUT2D eigenvalue weighted by atomic mass is 10.1. The van der Waals surface area contributed by atoms with Crippen LogP contribution in [0.15, 0.2) is 41.3 Å². The normalized spacial score (nSPS) is 10.7. The van der Waals surface area contributed by atoms with Crippen LogP contribution in [0.5, 0.6) is 11.5 Å². The third-order valence-corrected chi connectivity index (χ3v) is 4.39. The SMILES string of the molecule is COc1ccc(CC(=O)NCCn2c(C)nc3ncccc3c2=O)cc1OC. The number of carbonyl (C=O) groups is 1. The summed E-state index contributed by atoms with van der Waals surface area (Å²) in [5, 5.41) is 3.30. The number of hydrogen-bond acceptors (Lipinski definition) is 6. The van der Waals surface area contributed by atoms with Crippen LogP contribution in [0.25, 0.3) is 11.0 Å². The Labute approximate surface area is 162 Å². The molecule has 146 valence electrons. The number of amides is 1. The van der Waals surface area contributed by atoms with Crippen molar-refractivity contribution in [1.82, 2.24) is 19.9 Å². The number of carbonyl (C=O) groups excluding carboxylic acids is 1. The first kappa shape index (κ1) is 19.3. The Kier molecular flexibility index (Phi) is 5.88. The molecule has 0 aliphatic rings. The Morgan fingerprint density at radius 3 is 2.71 bits per heavy atom. The first-order chi connectivity index (χ1) is 13.5. The van der Waals surface area contributed by atoms with E-state index in [9.17, 15) is 9.59 Å². The van der Waals surface area contributed by atoms with E-state index >= 15 is 0 Å². The highest BCUT2D eigenvalue weighted by molar-refractivity contribution is 5.78. The van der Waals surface area contributed by atoms with Crippen LogP contribution in [0.3, 0.4) is 0 Å². The van der Waals surface area contributed by atoms with Gasteiger partial charge in [0.15, 0.2) is 17.1 Å². The zero-order valence-corrected chi connectivity index (χ0v) is 16.1. The second kappa shape index (κ2) is 8.51. The second-order valence-electron chi connectivity index (χ2n) is 6.21. The molecule has 0 saturated heterocycles. The van der Waals surface area contributed by atoms with E-state index in [2.05, 4.69) is 15.3 Å². The number of fused-ring (bicyclic) bond motifs is 1. The first-order valence-electron chi connectivity index (χ1n) is 8.83. The Bertz CT molecular complexity index is 1060. The standard InChI is InChI=1S/C20H22N4O4/c1-13-23-19-15(5-4-8-22-19)20(26)24(13)10-9-21-18(25)12-14-6-7-16(27-2)17(11-14)28-3/h4-8,11H,9-10,12H2,1-3H3,(H,21,25). The van der Waals surface area contributed by atoms with Crippen LogP contribution in [0.1, 0.15) is 11.4 Å². The number of aromatic nitrogens is 3. The molecular weight excluding hydrogens is 360 g/mol. The van der Waals surface area contributed by atoms with Gasteiger partial charge in [-0.15, -0.1) is 0 Å². The summed E-state index contributed by atoms with van der Waals surface area (Å²) < 4.78 is 12.0. The number of hydrogen-bond donors (Lipinski definition) is 1. The molecule has 0 radical (unpaired) electrons. The predicted octanol–water partition coefficient (Wildman–Crippen LogP) is 1.48. The molecular formula is C20H22N4O4. The molecule has 0 unspecified atom stereocenters. The van der Waals surface area contributed by atoms with Crippen LogP contribution in [0.2, 0.25) is 0 Å². The summed E-state index contributed by atoms with van der Waals surface area (Å²) >= 11 is 0. The van der Waals surface area contributed by atoms with E-state index in [-0.39, 0.29) is 17.9 Å². The Balaban J connectivity index is 1.63. The lowest BCUT2D eigenvalue weighted by Gasteiger charge is -2.12. The summed E-state index contributed by atoms with van der Waals surface area (Å²) in [5.41, 5.74) is 1.07. The average molecular weight is 382 g/mol. The van der Waals surface area contributed by atoms with Gasteiger partial charge in [-0.05, 0) is 36.8 Å². The van der Waals surface area contributed by atoms with Gasteiger partial charge in [0, 0.05) is 19.3 Å². The molecule has 0 spiro atoms. The molecule has 0 fully saturated rings. The highest BCUT2D eigenvalue weighted by atomic mass is 16.5. The molecule has 28 heavy (non-hydrogen) atoms. The number of ether oxygens (including phenoxy) is 2. The van der Waals surface area contributed by atoms with Gasteiger partial charge in [-0.2, -0.15) is 0 Å². The molecule has 0 saturated carbocycles. The fraction of sp³-hybridized carbons (Fsp3) is 0.300. The Hall–Kier alpha value is -3.42. The Morgan fingerprint density at radius 1 is 1.18 bits per heavy atom. The summed E-state index contributed by atoms with van der Waals surface area (Å²) in [4.78, 5) is 33.3. The third kappa shape index (κ3) is 4.11. The summed E-state index contributed by atoms with van der Waals surface area (Å²) in [6.45, 7) is 2.40. The molecule has 1 N–H and O–H groups in total. The number of methoxy groups -OCH3 is 2. The van der Waals surface area contributed by atoms with Crippen molar-refractivity contribution >= 4 is 16.9 Å². The van der Waals surface area contributed by atoms with E-state index in [0.29, 0.717) is 41.4 Å². The predicted molar refractivity (Wildman–Crippen MR) is 105 cm³/mol. The van der Waals surface area contributed by atoms with Gasteiger partial charge in [-0.3, -0.25) is 14.2 Å². The van der Waals surface area contributed by atoms with Crippen molar-refractivity contribution < 1.29 is 14.3 Å². The van der Waals surface area contributed by atoms with Crippen LogP contribution in [0.4, 0.5) is 0 Å².